The summed E-state index contributed by atoms with van der Waals surface area (Å²) in [4.78, 5) is 27.1. The van der Waals surface area contributed by atoms with E-state index in [2.05, 4.69) is 10.3 Å². The summed E-state index contributed by atoms with van der Waals surface area (Å²) in [6.07, 6.45) is 0. The summed E-state index contributed by atoms with van der Waals surface area (Å²) >= 11 is 7.02. The van der Waals surface area contributed by atoms with E-state index in [9.17, 15) is 14.9 Å². The van der Waals surface area contributed by atoms with Crippen molar-refractivity contribution in [1.29, 1.82) is 0 Å². The van der Waals surface area contributed by atoms with Crippen LogP contribution in [0, 0.1) is 17.0 Å². The molecule has 0 saturated heterocycles. The zero-order valence-corrected chi connectivity index (χ0v) is 15.9. The van der Waals surface area contributed by atoms with Crippen LogP contribution >= 0.6 is 22.9 Å². The van der Waals surface area contributed by atoms with E-state index in [1.54, 1.807) is 12.5 Å². The fraction of sp³-hybridized carbons (Fsp3) is 0.111. The molecule has 1 heterocycles. The van der Waals surface area contributed by atoms with E-state index < -0.39 is 10.8 Å². The van der Waals surface area contributed by atoms with Crippen molar-refractivity contribution in [3.05, 3.63) is 68.0 Å². The zero-order chi connectivity index (χ0) is 19.6. The molecule has 0 saturated carbocycles. The lowest BCUT2D eigenvalue weighted by atomic mass is 10.1. The van der Waals surface area contributed by atoms with Crippen LogP contribution in [0.15, 0.2) is 41.8 Å². The molecular weight excluding hydrogens is 390 g/mol. The van der Waals surface area contributed by atoms with Gasteiger partial charge in [0.2, 0.25) is 0 Å². The minimum absolute atomic E-state index is 0.0281. The van der Waals surface area contributed by atoms with Gasteiger partial charge in [-0.3, -0.25) is 20.2 Å². The van der Waals surface area contributed by atoms with Crippen LogP contribution in [0.5, 0.6) is 5.75 Å². The van der Waals surface area contributed by atoms with Crippen molar-refractivity contribution < 1.29 is 14.5 Å². The molecule has 0 unspecified atom stereocenters. The van der Waals surface area contributed by atoms with Gasteiger partial charge in [0, 0.05) is 22.6 Å². The van der Waals surface area contributed by atoms with E-state index in [-0.39, 0.29) is 16.3 Å². The van der Waals surface area contributed by atoms with Crippen LogP contribution in [0.1, 0.15) is 15.9 Å². The van der Waals surface area contributed by atoms with Crippen molar-refractivity contribution in [3.8, 4) is 17.0 Å². The van der Waals surface area contributed by atoms with E-state index in [1.165, 1.54) is 23.5 Å². The molecule has 138 valence electrons. The molecule has 3 aromatic rings. The second kappa shape index (κ2) is 7.73. The number of halogens is 1. The maximum Gasteiger partial charge on any atom is 0.288 e. The van der Waals surface area contributed by atoms with Crippen LogP contribution in [0.25, 0.3) is 11.3 Å². The second-order valence-electron chi connectivity index (χ2n) is 5.62. The molecule has 27 heavy (non-hydrogen) atoms. The lowest BCUT2D eigenvalue weighted by Crippen LogP contribution is -2.12. The van der Waals surface area contributed by atoms with Gasteiger partial charge in [-0.2, -0.15) is 0 Å². The molecule has 2 aromatic carbocycles. The van der Waals surface area contributed by atoms with Gasteiger partial charge in [-0.05, 0) is 31.2 Å². The number of benzene rings is 2. The summed E-state index contributed by atoms with van der Waals surface area (Å²) in [5, 5.41) is 15.8. The largest absolute Gasteiger partial charge is 0.496 e. The number of hydrogen-bond acceptors (Lipinski definition) is 6. The van der Waals surface area contributed by atoms with Crippen molar-refractivity contribution in [1.82, 2.24) is 4.98 Å². The lowest BCUT2D eigenvalue weighted by Gasteiger charge is -2.07. The number of amides is 1. The van der Waals surface area contributed by atoms with Gasteiger partial charge in [0.05, 0.1) is 17.7 Å². The Hall–Kier alpha value is -2.97. The van der Waals surface area contributed by atoms with Gasteiger partial charge >= 0.3 is 0 Å². The number of aryl methyl sites for hydroxylation is 1. The van der Waals surface area contributed by atoms with Gasteiger partial charge in [-0.15, -0.1) is 11.3 Å². The summed E-state index contributed by atoms with van der Waals surface area (Å²) in [5.74, 6) is 0.170. The van der Waals surface area contributed by atoms with Crippen LogP contribution < -0.4 is 10.1 Å². The fourth-order valence-corrected chi connectivity index (χ4v) is 3.33. The number of hydrogen-bond donors (Lipinski definition) is 1. The van der Waals surface area contributed by atoms with Crippen LogP contribution in [-0.4, -0.2) is 22.9 Å². The number of nitrogens with one attached hydrogen (secondary N) is 1. The Morgan fingerprint density at radius 3 is 2.78 bits per heavy atom. The van der Waals surface area contributed by atoms with Gasteiger partial charge in [0.15, 0.2) is 5.13 Å². The number of carbonyl (C=O) groups is 1. The van der Waals surface area contributed by atoms with E-state index >= 15 is 0 Å². The molecule has 0 aliphatic rings. The molecule has 1 N–H and O–H groups in total. The van der Waals surface area contributed by atoms with Crippen LogP contribution in [0.2, 0.25) is 5.02 Å². The molecule has 1 amide bonds. The van der Waals surface area contributed by atoms with Crippen LogP contribution in [-0.2, 0) is 0 Å². The Kier molecular flexibility index (Phi) is 5.38. The SMILES string of the molecule is COc1ccc(C)cc1-c1csc(NC(=O)c2ccc(Cl)c([N+](=O)[O-])c2)n1. The van der Waals surface area contributed by atoms with E-state index in [1.807, 2.05) is 25.1 Å². The van der Waals surface area contributed by atoms with Gasteiger partial charge in [0.25, 0.3) is 11.6 Å². The summed E-state index contributed by atoms with van der Waals surface area (Å²) in [6.45, 7) is 1.96. The molecule has 9 heteroatoms. The minimum atomic E-state index is -0.634. The highest BCUT2D eigenvalue weighted by atomic mass is 35.5. The molecule has 0 spiro atoms. The molecule has 0 atom stereocenters. The van der Waals surface area contributed by atoms with Gasteiger partial charge in [-0.1, -0.05) is 23.2 Å². The normalized spacial score (nSPS) is 10.5. The highest BCUT2D eigenvalue weighted by Crippen LogP contribution is 2.33. The maximum absolute atomic E-state index is 12.4. The highest BCUT2D eigenvalue weighted by Gasteiger charge is 2.18. The number of nitro groups is 1. The van der Waals surface area contributed by atoms with Crippen LogP contribution in [0.3, 0.4) is 0 Å². The first-order valence-electron chi connectivity index (χ1n) is 7.75. The van der Waals surface area contributed by atoms with E-state index in [0.29, 0.717) is 16.6 Å². The molecule has 7 nitrogen and oxygen atoms in total. The third kappa shape index (κ3) is 4.07. The van der Waals surface area contributed by atoms with E-state index in [0.717, 1.165) is 17.2 Å². The first kappa shape index (κ1) is 18.8. The maximum atomic E-state index is 12.4. The Balaban J connectivity index is 1.84. The minimum Gasteiger partial charge on any atom is -0.496 e. The first-order chi connectivity index (χ1) is 12.9. The van der Waals surface area contributed by atoms with Crippen molar-refractivity contribution in [2.75, 3.05) is 12.4 Å². The number of anilines is 1. The molecule has 0 bridgehead atoms. The second-order valence-corrected chi connectivity index (χ2v) is 6.88. The predicted molar refractivity (Wildman–Crippen MR) is 105 cm³/mol. The first-order valence-corrected chi connectivity index (χ1v) is 9.00. The summed E-state index contributed by atoms with van der Waals surface area (Å²) in [5.41, 5.74) is 2.33. The van der Waals surface area contributed by atoms with Crippen molar-refractivity contribution in [2.45, 2.75) is 6.92 Å². The monoisotopic (exact) mass is 403 g/mol. The number of aromatic nitrogens is 1. The number of nitrogens with zero attached hydrogens (tertiary/aromatic N) is 2. The van der Waals surface area contributed by atoms with Crippen molar-refractivity contribution >= 4 is 39.7 Å². The zero-order valence-electron chi connectivity index (χ0n) is 14.4. The summed E-state index contributed by atoms with van der Waals surface area (Å²) in [6, 6.07) is 9.61. The number of rotatable bonds is 5. The van der Waals surface area contributed by atoms with Gasteiger partial charge in [-0.25, -0.2) is 4.98 Å². The summed E-state index contributed by atoms with van der Waals surface area (Å²) < 4.78 is 5.36. The number of methoxy groups -OCH3 is 1. The fourth-order valence-electron chi connectivity index (χ4n) is 2.44. The van der Waals surface area contributed by atoms with Gasteiger partial charge in [0.1, 0.15) is 10.8 Å². The smallest absolute Gasteiger partial charge is 0.288 e. The standard InChI is InChI=1S/C18H14ClN3O4S/c1-10-3-6-16(26-2)12(7-10)14-9-27-18(20-14)21-17(23)11-4-5-13(19)15(8-11)22(24)25/h3-9H,1-2H3,(H,20,21,23). The number of carbonyl (C=O) groups excluding carboxylic acids is 1. The molecule has 1 aromatic heterocycles. The number of ether oxygens (including phenoxy) is 1. The molecule has 0 radical (unpaired) electrons. The van der Waals surface area contributed by atoms with Gasteiger partial charge < -0.3 is 4.74 Å². The Morgan fingerprint density at radius 2 is 2.07 bits per heavy atom. The molecule has 0 fully saturated rings. The lowest BCUT2D eigenvalue weighted by molar-refractivity contribution is -0.384. The van der Waals surface area contributed by atoms with E-state index in [4.69, 9.17) is 16.3 Å². The Labute approximate surface area is 163 Å². The third-order valence-electron chi connectivity index (χ3n) is 3.76. The van der Waals surface area contributed by atoms with Crippen molar-refractivity contribution in [2.24, 2.45) is 0 Å². The average molecular weight is 404 g/mol. The molecule has 3 rings (SSSR count). The Bertz CT molecular complexity index is 1040. The molecule has 0 aliphatic heterocycles. The number of nitro benzene ring substituents is 1. The molecule has 0 aliphatic carbocycles. The van der Waals surface area contributed by atoms with Crippen LogP contribution in [0.4, 0.5) is 10.8 Å². The molecular formula is C18H14ClN3O4S. The highest BCUT2D eigenvalue weighted by molar-refractivity contribution is 7.14. The Morgan fingerprint density at radius 1 is 1.30 bits per heavy atom. The quantitative estimate of drug-likeness (QED) is 0.481. The van der Waals surface area contributed by atoms with Crippen molar-refractivity contribution in [3.63, 3.8) is 0 Å². The predicted octanol–water partition coefficient (Wildman–Crippen LogP) is 4.94. The summed E-state index contributed by atoms with van der Waals surface area (Å²) in [7, 11) is 1.58. The average Bonchev–Trinajstić information content (AvgIpc) is 3.10. The third-order valence-corrected chi connectivity index (χ3v) is 4.84. The topological polar surface area (TPSA) is 94.4 Å². The number of thiazole rings is 1.